The van der Waals surface area contributed by atoms with Crippen LogP contribution in [0.1, 0.15) is 23.9 Å². The molecule has 0 atom stereocenters. The number of hydrogen-bond acceptors (Lipinski definition) is 5. The minimum Gasteiger partial charge on any atom is -0.485 e. The fourth-order valence-corrected chi connectivity index (χ4v) is 3.80. The zero-order valence-electron chi connectivity index (χ0n) is 16.6. The highest BCUT2D eigenvalue weighted by Crippen LogP contribution is 2.22. The maximum absolute atomic E-state index is 12.2. The lowest BCUT2D eigenvalue weighted by molar-refractivity contribution is -0.113. The van der Waals surface area contributed by atoms with Crippen LogP contribution in [0.3, 0.4) is 0 Å². The van der Waals surface area contributed by atoms with Crippen molar-refractivity contribution >= 4 is 39.3 Å². The number of carbonyl (C=O) groups excluding carboxylic acids is 1. The van der Waals surface area contributed by atoms with E-state index in [9.17, 15) is 4.79 Å². The zero-order chi connectivity index (χ0) is 20.8. The van der Waals surface area contributed by atoms with Gasteiger partial charge in [-0.1, -0.05) is 39.8 Å². The average Bonchev–Trinajstić information content (AvgIpc) is 3.10. The molecule has 2 aromatic carbocycles. The normalized spacial score (nSPS) is 10.8. The number of ether oxygens (including phenoxy) is 1. The van der Waals surface area contributed by atoms with Gasteiger partial charge < -0.3 is 14.6 Å². The van der Waals surface area contributed by atoms with Crippen molar-refractivity contribution in [2.45, 2.75) is 39.1 Å². The molecule has 0 bridgehead atoms. The number of carbonyl (C=O) groups is 1. The monoisotopic (exact) mass is 474 g/mol. The van der Waals surface area contributed by atoms with Crippen LogP contribution < -0.4 is 10.1 Å². The molecular weight excluding hydrogens is 452 g/mol. The second-order valence-corrected chi connectivity index (χ2v) is 8.40. The first-order chi connectivity index (χ1) is 14.0. The first kappa shape index (κ1) is 21.4. The Morgan fingerprint density at radius 2 is 1.93 bits per heavy atom. The van der Waals surface area contributed by atoms with Gasteiger partial charge in [-0.15, -0.1) is 10.2 Å². The van der Waals surface area contributed by atoms with Crippen LogP contribution in [-0.4, -0.2) is 26.4 Å². The number of nitrogens with one attached hydrogen (secondary N) is 1. The van der Waals surface area contributed by atoms with Crippen molar-refractivity contribution in [1.29, 1.82) is 0 Å². The van der Waals surface area contributed by atoms with Gasteiger partial charge in [-0.3, -0.25) is 4.79 Å². The number of nitrogens with zero attached hydrogens (tertiary/aromatic N) is 3. The van der Waals surface area contributed by atoms with Gasteiger partial charge in [0.2, 0.25) is 5.91 Å². The molecule has 3 aromatic rings. The maximum atomic E-state index is 12.2. The Morgan fingerprint density at radius 1 is 1.17 bits per heavy atom. The molecule has 0 aliphatic rings. The van der Waals surface area contributed by atoms with Crippen LogP contribution in [0.25, 0.3) is 0 Å². The lowest BCUT2D eigenvalue weighted by Crippen LogP contribution is -2.14. The van der Waals surface area contributed by atoms with E-state index in [1.807, 2.05) is 61.7 Å². The van der Waals surface area contributed by atoms with Crippen LogP contribution in [0, 0.1) is 13.8 Å². The molecule has 1 heterocycles. The summed E-state index contributed by atoms with van der Waals surface area (Å²) in [6.45, 7) is 7.11. The molecular formula is C21H23BrN4O2S. The Kier molecular flexibility index (Phi) is 7.33. The number of aryl methyl sites for hydroxylation is 2. The molecule has 0 fully saturated rings. The molecule has 1 aromatic heterocycles. The van der Waals surface area contributed by atoms with E-state index in [1.165, 1.54) is 11.8 Å². The van der Waals surface area contributed by atoms with E-state index in [2.05, 4.69) is 37.5 Å². The van der Waals surface area contributed by atoms with Gasteiger partial charge >= 0.3 is 0 Å². The second-order valence-electron chi connectivity index (χ2n) is 6.54. The Balaban J connectivity index is 1.59. The van der Waals surface area contributed by atoms with Crippen LogP contribution in [-0.2, 0) is 17.9 Å². The molecule has 0 saturated carbocycles. The van der Waals surface area contributed by atoms with Crippen LogP contribution in [0.2, 0.25) is 0 Å². The van der Waals surface area contributed by atoms with Gasteiger partial charge in [0.25, 0.3) is 0 Å². The predicted octanol–water partition coefficient (Wildman–Crippen LogP) is 4.99. The molecule has 0 aliphatic carbocycles. The molecule has 1 amide bonds. The zero-order valence-corrected chi connectivity index (χ0v) is 19.0. The van der Waals surface area contributed by atoms with Gasteiger partial charge in [0, 0.05) is 16.7 Å². The molecule has 0 radical (unpaired) electrons. The van der Waals surface area contributed by atoms with E-state index >= 15 is 0 Å². The van der Waals surface area contributed by atoms with E-state index in [4.69, 9.17) is 4.74 Å². The van der Waals surface area contributed by atoms with Crippen LogP contribution in [0.15, 0.2) is 52.1 Å². The quantitative estimate of drug-likeness (QED) is 0.465. The summed E-state index contributed by atoms with van der Waals surface area (Å²) in [7, 11) is 0. The molecule has 0 unspecified atom stereocenters. The number of amides is 1. The topological polar surface area (TPSA) is 69.0 Å². The van der Waals surface area contributed by atoms with E-state index in [0.717, 1.165) is 32.9 Å². The van der Waals surface area contributed by atoms with E-state index in [-0.39, 0.29) is 11.7 Å². The van der Waals surface area contributed by atoms with Crippen molar-refractivity contribution in [3.63, 3.8) is 0 Å². The fourth-order valence-electron chi connectivity index (χ4n) is 2.72. The Bertz CT molecular complexity index is 989. The molecule has 0 spiro atoms. The minimum atomic E-state index is -0.0869. The number of rotatable bonds is 8. The third-order valence-electron chi connectivity index (χ3n) is 4.27. The fraction of sp³-hybridized carbons (Fsp3) is 0.286. The number of halogens is 1. The Morgan fingerprint density at radius 3 is 2.66 bits per heavy atom. The van der Waals surface area contributed by atoms with E-state index in [1.54, 1.807) is 0 Å². The molecule has 0 aliphatic heterocycles. The second kappa shape index (κ2) is 9.93. The van der Waals surface area contributed by atoms with Gasteiger partial charge in [0.05, 0.1) is 5.75 Å². The summed E-state index contributed by atoms with van der Waals surface area (Å²) in [5.41, 5.74) is 2.99. The van der Waals surface area contributed by atoms with Gasteiger partial charge in [-0.05, 0) is 62.2 Å². The molecule has 6 nitrogen and oxygen atoms in total. The lowest BCUT2D eigenvalue weighted by atomic mass is 10.1. The Hall–Kier alpha value is -2.32. The molecule has 8 heteroatoms. The van der Waals surface area contributed by atoms with Crippen LogP contribution in [0.4, 0.5) is 5.69 Å². The maximum Gasteiger partial charge on any atom is 0.234 e. The van der Waals surface area contributed by atoms with E-state index in [0.29, 0.717) is 18.3 Å². The largest absolute Gasteiger partial charge is 0.485 e. The average molecular weight is 475 g/mol. The molecule has 3 rings (SSSR count). The van der Waals surface area contributed by atoms with Crippen LogP contribution in [0.5, 0.6) is 5.75 Å². The van der Waals surface area contributed by atoms with Gasteiger partial charge in [0.15, 0.2) is 11.0 Å². The Labute approximate surface area is 183 Å². The third-order valence-corrected chi connectivity index (χ3v) is 5.77. The molecule has 29 heavy (non-hydrogen) atoms. The molecule has 0 saturated heterocycles. The standard InChI is InChI=1S/C21H23BrN4O2S/c1-4-26-19(12-28-18-11-14(2)5-6-15(18)3)24-25-21(26)29-13-20(27)23-17-9-7-16(22)8-10-17/h5-11H,4,12-13H2,1-3H3,(H,23,27). The summed E-state index contributed by atoms with van der Waals surface area (Å²) < 4.78 is 8.90. The minimum absolute atomic E-state index is 0.0869. The summed E-state index contributed by atoms with van der Waals surface area (Å²) >= 11 is 4.74. The number of thioether (sulfide) groups is 1. The van der Waals surface area contributed by atoms with Gasteiger partial charge in [0.1, 0.15) is 12.4 Å². The third kappa shape index (κ3) is 5.83. The highest BCUT2D eigenvalue weighted by molar-refractivity contribution is 9.10. The van der Waals surface area contributed by atoms with Gasteiger partial charge in [-0.2, -0.15) is 0 Å². The summed E-state index contributed by atoms with van der Waals surface area (Å²) in [6.07, 6.45) is 0. The van der Waals surface area contributed by atoms with Crippen molar-refractivity contribution in [1.82, 2.24) is 14.8 Å². The highest BCUT2D eigenvalue weighted by Gasteiger charge is 2.14. The smallest absolute Gasteiger partial charge is 0.234 e. The predicted molar refractivity (Wildman–Crippen MR) is 119 cm³/mol. The lowest BCUT2D eigenvalue weighted by Gasteiger charge is -2.11. The van der Waals surface area contributed by atoms with Crippen molar-refractivity contribution in [3.8, 4) is 5.75 Å². The van der Waals surface area contributed by atoms with Crippen molar-refractivity contribution in [3.05, 3.63) is 63.9 Å². The SMILES string of the molecule is CCn1c(COc2cc(C)ccc2C)nnc1SCC(=O)Nc1ccc(Br)cc1. The van der Waals surface area contributed by atoms with Crippen molar-refractivity contribution < 1.29 is 9.53 Å². The summed E-state index contributed by atoms with van der Waals surface area (Å²) in [5, 5.41) is 12.1. The molecule has 152 valence electrons. The van der Waals surface area contributed by atoms with E-state index < -0.39 is 0 Å². The van der Waals surface area contributed by atoms with Gasteiger partial charge in [-0.25, -0.2) is 0 Å². The number of benzene rings is 2. The summed E-state index contributed by atoms with van der Waals surface area (Å²) in [6, 6.07) is 13.6. The molecule has 1 N–H and O–H groups in total. The highest BCUT2D eigenvalue weighted by atomic mass is 79.9. The first-order valence-corrected chi connectivity index (χ1v) is 11.0. The summed E-state index contributed by atoms with van der Waals surface area (Å²) in [5.74, 6) is 1.76. The number of anilines is 1. The number of aromatic nitrogens is 3. The number of hydrogen-bond donors (Lipinski definition) is 1. The van der Waals surface area contributed by atoms with Crippen molar-refractivity contribution in [2.75, 3.05) is 11.1 Å². The summed E-state index contributed by atoms with van der Waals surface area (Å²) in [4.78, 5) is 12.2. The van der Waals surface area contributed by atoms with Crippen LogP contribution >= 0.6 is 27.7 Å². The first-order valence-electron chi connectivity index (χ1n) is 9.26. The van der Waals surface area contributed by atoms with Crippen molar-refractivity contribution in [2.24, 2.45) is 0 Å².